The third-order valence-corrected chi connectivity index (χ3v) is 4.04. The number of hydrogen-bond acceptors (Lipinski definition) is 1. The van der Waals surface area contributed by atoms with Gasteiger partial charge in [0, 0.05) is 12.7 Å². The average molecular weight is 235 g/mol. The van der Waals surface area contributed by atoms with Crippen molar-refractivity contribution in [3.63, 3.8) is 0 Å². The Bertz CT molecular complexity index is 275. The van der Waals surface area contributed by atoms with E-state index in [-0.39, 0.29) is 0 Å². The fourth-order valence-electron chi connectivity index (χ4n) is 3.01. The first-order chi connectivity index (χ1) is 8.10. The van der Waals surface area contributed by atoms with Gasteiger partial charge in [-0.15, -0.1) is 6.58 Å². The topological polar surface area (TPSA) is 12.0 Å². The predicted molar refractivity (Wildman–Crippen MR) is 76.9 cm³/mol. The number of hydrogen-bond donors (Lipinski definition) is 1. The van der Waals surface area contributed by atoms with Crippen LogP contribution in [0.2, 0.25) is 0 Å². The molecule has 1 N–H and O–H groups in total. The fraction of sp³-hybridized carbons (Fsp3) is 0.750. The van der Waals surface area contributed by atoms with E-state index in [2.05, 4.69) is 45.8 Å². The molecule has 0 saturated heterocycles. The van der Waals surface area contributed by atoms with Crippen molar-refractivity contribution in [2.45, 2.75) is 52.9 Å². The van der Waals surface area contributed by atoms with Crippen LogP contribution in [-0.2, 0) is 0 Å². The molecule has 0 radical (unpaired) electrons. The average Bonchev–Trinajstić information content (AvgIpc) is 2.27. The molecular weight excluding hydrogens is 206 g/mol. The van der Waals surface area contributed by atoms with Crippen molar-refractivity contribution in [1.29, 1.82) is 0 Å². The SMILES string of the molecule is C=CC1CCCC(C)CC/C1=C(/NC)C(C)C. The minimum absolute atomic E-state index is 0.590. The van der Waals surface area contributed by atoms with E-state index in [1.807, 2.05) is 0 Å². The molecular formula is C16H29N. The highest BCUT2D eigenvalue weighted by Gasteiger charge is 2.20. The molecule has 0 amide bonds. The van der Waals surface area contributed by atoms with Crippen LogP contribution in [0.1, 0.15) is 52.9 Å². The highest BCUT2D eigenvalue weighted by Crippen LogP contribution is 2.33. The zero-order chi connectivity index (χ0) is 12.8. The van der Waals surface area contributed by atoms with E-state index >= 15 is 0 Å². The second-order valence-corrected chi connectivity index (χ2v) is 5.76. The second kappa shape index (κ2) is 6.88. The summed E-state index contributed by atoms with van der Waals surface area (Å²) in [5.41, 5.74) is 3.06. The fourth-order valence-corrected chi connectivity index (χ4v) is 3.01. The van der Waals surface area contributed by atoms with Crippen LogP contribution in [0, 0.1) is 17.8 Å². The summed E-state index contributed by atoms with van der Waals surface area (Å²) in [6.07, 6.45) is 8.74. The Labute approximate surface area is 107 Å². The van der Waals surface area contributed by atoms with E-state index in [4.69, 9.17) is 0 Å². The molecule has 1 aliphatic carbocycles. The molecule has 98 valence electrons. The van der Waals surface area contributed by atoms with Crippen LogP contribution >= 0.6 is 0 Å². The van der Waals surface area contributed by atoms with Gasteiger partial charge in [0.25, 0.3) is 0 Å². The molecule has 0 bridgehead atoms. The molecule has 0 spiro atoms. The van der Waals surface area contributed by atoms with Crippen molar-refractivity contribution in [2.75, 3.05) is 7.05 Å². The molecule has 0 heterocycles. The lowest BCUT2D eigenvalue weighted by molar-refractivity contribution is 0.409. The van der Waals surface area contributed by atoms with Gasteiger partial charge in [-0.2, -0.15) is 0 Å². The molecule has 0 aliphatic heterocycles. The summed E-state index contributed by atoms with van der Waals surface area (Å²) < 4.78 is 0. The molecule has 1 aliphatic rings. The smallest absolute Gasteiger partial charge is 0.0128 e. The Morgan fingerprint density at radius 1 is 1.35 bits per heavy atom. The molecule has 1 saturated carbocycles. The predicted octanol–water partition coefficient (Wildman–Crippen LogP) is 4.52. The zero-order valence-corrected chi connectivity index (χ0v) is 12.1. The monoisotopic (exact) mass is 235 g/mol. The van der Waals surface area contributed by atoms with Gasteiger partial charge >= 0.3 is 0 Å². The number of nitrogens with one attached hydrogen (secondary N) is 1. The van der Waals surface area contributed by atoms with Crippen LogP contribution in [0.5, 0.6) is 0 Å². The largest absolute Gasteiger partial charge is 0.391 e. The summed E-state index contributed by atoms with van der Waals surface area (Å²) in [6, 6.07) is 0. The maximum absolute atomic E-state index is 4.04. The molecule has 1 nitrogen and oxygen atoms in total. The summed E-state index contributed by atoms with van der Waals surface area (Å²) in [4.78, 5) is 0. The maximum atomic E-state index is 4.04. The van der Waals surface area contributed by atoms with Crippen LogP contribution in [0.3, 0.4) is 0 Å². The van der Waals surface area contributed by atoms with Crippen LogP contribution in [0.15, 0.2) is 23.9 Å². The van der Waals surface area contributed by atoms with Crippen molar-refractivity contribution < 1.29 is 0 Å². The number of allylic oxidation sites excluding steroid dienone is 3. The minimum atomic E-state index is 0.590. The maximum Gasteiger partial charge on any atom is 0.0128 e. The lowest BCUT2D eigenvalue weighted by Gasteiger charge is -2.27. The van der Waals surface area contributed by atoms with Crippen LogP contribution in [0.4, 0.5) is 0 Å². The Hall–Kier alpha value is -0.720. The van der Waals surface area contributed by atoms with E-state index in [0.29, 0.717) is 11.8 Å². The van der Waals surface area contributed by atoms with E-state index < -0.39 is 0 Å². The Balaban J connectivity index is 2.98. The molecule has 0 aromatic rings. The molecule has 1 rings (SSSR count). The lowest BCUT2D eigenvalue weighted by atomic mass is 9.81. The molecule has 2 unspecified atom stereocenters. The third kappa shape index (κ3) is 3.90. The van der Waals surface area contributed by atoms with Gasteiger partial charge in [-0.3, -0.25) is 0 Å². The van der Waals surface area contributed by atoms with Crippen molar-refractivity contribution in [1.82, 2.24) is 5.32 Å². The van der Waals surface area contributed by atoms with Crippen LogP contribution in [0.25, 0.3) is 0 Å². The van der Waals surface area contributed by atoms with Gasteiger partial charge in [0.2, 0.25) is 0 Å². The first kappa shape index (κ1) is 14.3. The Morgan fingerprint density at radius 3 is 2.59 bits per heavy atom. The first-order valence-corrected chi connectivity index (χ1v) is 7.13. The summed E-state index contributed by atoms with van der Waals surface area (Å²) in [7, 11) is 2.06. The van der Waals surface area contributed by atoms with Gasteiger partial charge in [0.1, 0.15) is 0 Å². The third-order valence-electron chi connectivity index (χ3n) is 4.04. The van der Waals surface area contributed by atoms with Gasteiger partial charge in [0.15, 0.2) is 0 Å². The second-order valence-electron chi connectivity index (χ2n) is 5.76. The quantitative estimate of drug-likeness (QED) is 0.709. The highest BCUT2D eigenvalue weighted by molar-refractivity contribution is 5.21. The molecule has 1 heteroatoms. The molecule has 1 fully saturated rings. The van der Waals surface area contributed by atoms with Crippen molar-refractivity contribution >= 4 is 0 Å². The minimum Gasteiger partial charge on any atom is -0.391 e. The Morgan fingerprint density at radius 2 is 2.06 bits per heavy atom. The summed E-state index contributed by atoms with van der Waals surface area (Å²) in [6.45, 7) is 11.0. The van der Waals surface area contributed by atoms with Gasteiger partial charge in [-0.25, -0.2) is 0 Å². The van der Waals surface area contributed by atoms with E-state index in [1.165, 1.54) is 37.8 Å². The van der Waals surface area contributed by atoms with Gasteiger partial charge in [0.05, 0.1) is 0 Å². The molecule has 0 aromatic heterocycles. The summed E-state index contributed by atoms with van der Waals surface area (Å²) in [5, 5.41) is 3.43. The highest BCUT2D eigenvalue weighted by atomic mass is 14.8. The van der Waals surface area contributed by atoms with Crippen LogP contribution < -0.4 is 5.32 Å². The standard InChI is InChI=1S/C16H29N/c1-6-14-9-7-8-13(4)10-11-15(14)16(17-5)12(2)3/h6,12-14,17H,1,7-11H2,2-5H3/b16-15-. The van der Waals surface area contributed by atoms with Crippen LogP contribution in [-0.4, -0.2) is 7.05 Å². The molecule has 17 heavy (non-hydrogen) atoms. The van der Waals surface area contributed by atoms with Crippen molar-refractivity contribution in [2.24, 2.45) is 17.8 Å². The number of rotatable bonds is 3. The van der Waals surface area contributed by atoms with E-state index in [9.17, 15) is 0 Å². The van der Waals surface area contributed by atoms with E-state index in [0.717, 1.165) is 5.92 Å². The first-order valence-electron chi connectivity index (χ1n) is 7.13. The van der Waals surface area contributed by atoms with Gasteiger partial charge in [-0.1, -0.05) is 39.7 Å². The van der Waals surface area contributed by atoms with Gasteiger partial charge < -0.3 is 5.32 Å². The molecule has 0 aromatic carbocycles. The lowest BCUT2D eigenvalue weighted by Crippen LogP contribution is -2.20. The normalized spacial score (nSPS) is 29.5. The summed E-state index contributed by atoms with van der Waals surface area (Å²) >= 11 is 0. The Kier molecular flexibility index (Phi) is 5.80. The van der Waals surface area contributed by atoms with E-state index in [1.54, 1.807) is 5.57 Å². The zero-order valence-electron chi connectivity index (χ0n) is 12.1. The molecule has 2 atom stereocenters. The van der Waals surface area contributed by atoms with Gasteiger partial charge in [-0.05, 0) is 42.6 Å². The van der Waals surface area contributed by atoms with Crippen molar-refractivity contribution in [3.8, 4) is 0 Å². The van der Waals surface area contributed by atoms with Crippen molar-refractivity contribution in [3.05, 3.63) is 23.9 Å². The summed E-state index contributed by atoms with van der Waals surface area (Å²) in [5.74, 6) is 2.06.